The monoisotopic (exact) mass is 593 g/mol. The standard InChI is InChI=1S/C32H35N9O3/c42-29-10-14-40(32(44)35-29)41-21-23-19-22(5-6-25(23)30(41)43)20-36-15-17-37(18-16-36)24-7-11-38(12-8-24)28-9-13-39-27-4-2-1-3-26(27)33-31(39)34-28/h1-6,9,13,19,24H,7-8,10-12,14-18,20-21H2,(H,35,42,44). The molecule has 6 heterocycles. The van der Waals surface area contributed by atoms with Crippen molar-refractivity contribution >= 4 is 40.5 Å². The molecule has 2 aromatic carbocycles. The number of hydrazine groups is 1. The van der Waals surface area contributed by atoms with Gasteiger partial charge in [0.25, 0.3) is 5.91 Å². The molecule has 3 saturated heterocycles. The number of piperazine rings is 1. The quantitative estimate of drug-likeness (QED) is 0.376. The fourth-order valence-corrected chi connectivity index (χ4v) is 7.16. The Morgan fingerprint density at radius 1 is 0.841 bits per heavy atom. The molecule has 0 bridgehead atoms. The van der Waals surface area contributed by atoms with Gasteiger partial charge in [0.15, 0.2) is 0 Å². The Morgan fingerprint density at radius 2 is 1.66 bits per heavy atom. The molecule has 226 valence electrons. The van der Waals surface area contributed by atoms with Gasteiger partial charge in [-0.05, 0) is 48.2 Å². The molecule has 4 aromatic rings. The Bertz CT molecular complexity index is 1770. The summed E-state index contributed by atoms with van der Waals surface area (Å²) in [6.45, 7) is 7.51. The Labute approximate surface area is 254 Å². The summed E-state index contributed by atoms with van der Waals surface area (Å²) < 4.78 is 2.06. The summed E-state index contributed by atoms with van der Waals surface area (Å²) in [5, 5.41) is 5.10. The third-order valence-electron chi connectivity index (χ3n) is 9.56. The lowest BCUT2D eigenvalue weighted by atomic mass is 10.0. The highest BCUT2D eigenvalue weighted by molar-refractivity contribution is 6.02. The second-order valence-electron chi connectivity index (χ2n) is 12.2. The number of rotatable bonds is 5. The summed E-state index contributed by atoms with van der Waals surface area (Å²) in [4.78, 5) is 53.9. The zero-order valence-electron chi connectivity index (χ0n) is 24.6. The molecule has 1 N–H and O–H groups in total. The predicted molar refractivity (Wildman–Crippen MR) is 164 cm³/mol. The van der Waals surface area contributed by atoms with Crippen molar-refractivity contribution in [2.24, 2.45) is 0 Å². The van der Waals surface area contributed by atoms with Crippen molar-refractivity contribution in [3.05, 3.63) is 71.4 Å². The molecule has 12 nitrogen and oxygen atoms in total. The van der Waals surface area contributed by atoms with Gasteiger partial charge in [0.2, 0.25) is 11.7 Å². The zero-order valence-corrected chi connectivity index (χ0v) is 24.6. The largest absolute Gasteiger partial charge is 0.356 e. The highest BCUT2D eigenvalue weighted by Crippen LogP contribution is 2.28. The zero-order chi connectivity index (χ0) is 29.8. The average molecular weight is 594 g/mol. The average Bonchev–Trinajstić information content (AvgIpc) is 3.58. The number of carbonyl (C=O) groups is 3. The summed E-state index contributed by atoms with van der Waals surface area (Å²) in [6, 6.07) is 16.3. The Hall–Kier alpha value is -4.55. The number of piperidine rings is 1. The number of carbonyl (C=O) groups excluding carboxylic acids is 3. The van der Waals surface area contributed by atoms with E-state index in [1.54, 1.807) is 0 Å². The normalized spacial score (nSPS) is 20.6. The first-order chi connectivity index (χ1) is 21.5. The van der Waals surface area contributed by atoms with E-state index in [1.165, 1.54) is 15.6 Å². The first-order valence-corrected chi connectivity index (χ1v) is 15.5. The van der Waals surface area contributed by atoms with E-state index in [0.29, 0.717) is 18.2 Å². The third kappa shape index (κ3) is 4.83. The van der Waals surface area contributed by atoms with Crippen LogP contribution in [0.3, 0.4) is 0 Å². The van der Waals surface area contributed by atoms with E-state index in [1.807, 2.05) is 30.3 Å². The summed E-state index contributed by atoms with van der Waals surface area (Å²) in [5.74, 6) is 1.26. The van der Waals surface area contributed by atoms with Crippen LogP contribution in [0.1, 0.15) is 40.7 Å². The molecule has 0 aliphatic carbocycles. The number of aromatic nitrogens is 3. The summed E-state index contributed by atoms with van der Waals surface area (Å²) >= 11 is 0. The Balaban J connectivity index is 0.839. The van der Waals surface area contributed by atoms with Crippen LogP contribution in [-0.4, -0.2) is 104 Å². The number of nitrogens with one attached hydrogen (secondary N) is 1. The molecular formula is C32H35N9O3. The van der Waals surface area contributed by atoms with Gasteiger partial charge in [-0.3, -0.25) is 29.1 Å². The SMILES string of the molecule is O=C1CCN(N2Cc3cc(CN4CCN(C5CCN(c6ccn7c(n6)nc6ccccc67)CC5)CC4)ccc3C2=O)C(=O)N1. The van der Waals surface area contributed by atoms with Gasteiger partial charge in [-0.15, -0.1) is 0 Å². The number of amides is 4. The topological polar surface area (TPSA) is 110 Å². The Kier molecular flexibility index (Phi) is 6.68. The van der Waals surface area contributed by atoms with Gasteiger partial charge in [-0.25, -0.2) is 19.8 Å². The van der Waals surface area contributed by atoms with E-state index in [0.717, 1.165) is 86.8 Å². The number of benzene rings is 2. The number of urea groups is 1. The van der Waals surface area contributed by atoms with Gasteiger partial charge in [0.05, 0.1) is 24.1 Å². The summed E-state index contributed by atoms with van der Waals surface area (Å²) in [6.07, 6.45) is 4.53. The fraction of sp³-hybridized carbons (Fsp3) is 0.406. The lowest BCUT2D eigenvalue weighted by Gasteiger charge is -2.43. The van der Waals surface area contributed by atoms with Crippen LogP contribution >= 0.6 is 0 Å². The number of hydrogen-bond donors (Lipinski definition) is 1. The Morgan fingerprint density at radius 3 is 2.48 bits per heavy atom. The summed E-state index contributed by atoms with van der Waals surface area (Å²) in [5.41, 5.74) is 4.78. The smallest absolute Gasteiger partial charge is 0.342 e. The molecule has 12 heteroatoms. The first-order valence-electron chi connectivity index (χ1n) is 15.5. The summed E-state index contributed by atoms with van der Waals surface area (Å²) in [7, 11) is 0. The molecule has 3 fully saturated rings. The number of anilines is 1. The molecule has 0 atom stereocenters. The maximum atomic E-state index is 13.0. The van der Waals surface area contributed by atoms with Gasteiger partial charge in [0, 0.05) is 70.0 Å². The minimum atomic E-state index is -0.535. The number of fused-ring (bicyclic) bond motifs is 4. The van der Waals surface area contributed by atoms with Crippen molar-refractivity contribution in [1.82, 2.24) is 39.5 Å². The maximum absolute atomic E-state index is 13.0. The molecule has 0 saturated carbocycles. The fourth-order valence-electron chi connectivity index (χ4n) is 7.16. The van der Waals surface area contributed by atoms with Crippen LogP contribution in [0.15, 0.2) is 54.7 Å². The van der Waals surface area contributed by atoms with Crippen LogP contribution in [0.25, 0.3) is 16.8 Å². The van der Waals surface area contributed by atoms with Gasteiger partial charge in [0.1, 0.15) is 5.82 Å². The van der Waals surface area contributed by atoms with Crippen LogP contribution in [0.2, 0.25) is 0 Å². The van der Waals surface area contributed by atoms with E-state index in [2.05, 4.69) is 48.8 Å². The number of nitrogens with zero attached hydrogens (tertiary/aromatic N) is 8. The molecule has 4 amide bonds. The van der Waals surface area contributed by atoms with Crippen LogP contribution in [0, 0.1) is 0 Å². The molecule has 0 radical (unpaired) electrons. The van der Waals surface area contributed by atoms with E-state index >= 15 is 0 Å². The lowest BCUT2D eigenvalue weighted by molar-refractivity contribution is -0.123. The highest BCUT2D eigenvalue weighted by Gasteiger charge is 2.37. The van der Waals surface area contributed by atoms with Gasteiger partial charge in [-0.1, -0.05) is 24.3 Å². The number of para-hydroxylation sites is 2. The number of imide groups is 1. The number of imidazole rings is 1. The molecule has 4 aliphatic rings. The molecule has 44 heavy (non-hydrogen) atoms. The second kappa shape index (κ2) is 10.9. The van der Waals surface area contributed by atoms with Crippen LogP contribution in [0.5, 0.6) is 0 Å². The van der Waals surface area contributed by atoms with E-state index in [4.69, 9.17) is 9.97 Å². The highest BCUT2D eigenvalue weighted by atomic mass is 16.2. The molecular weight excluding hydrogens is 558 g/mol. The molecule has 0 spiro atoms. The van der Waals surface area contributed by atoms with Crippen molar-refractivity contribution in [1.29, 1.82) is 0 Å². The van der Waals surface area contributed by atoms with Crippen molar-refractivity contribution in [3.63, 3.8) is 0 Å². The molecule has 4 aliphatic heterocycles. The van der Waals surface area contributed by atoms with Gasteiger partial charge >= 0.3 is 6.03 Å². The van der Waals surface area contributed by atoms with Crippen molar-refractivity contribution in [2.45, 2.75) is 38.4 Å². The molecule has 2 aromatic heterocycles. The van der Waals surface area contributed by atoms with Crippen LogP contribution < -0.4 is 10.2 Å². The first kappa shape index (κ1) is 27.0. The van der Waals surface area contributed by atoms with Gasteiger partial charge < -0.3 is 4.90 Å². The number of hydrogen-bond acceptors (Lipinski definition) is 8. The van der Waals surface area contributed by atoms with E-state index < -0.39 is 6.03 Å². The second-order valence-corrected chi connectivity index (χ2v) is 12.2. The predicted octanol–water partition coefficient (Wildman–Crippen LogP) is 2.48. The van der Waals surface area contributed by atoms with Crippen LogP contribution in [0.4, 0.5) is 10.6 Å². The lowest BCUT2D eigenvalue weighted by Crippen LogP contribution is -2.56. The van der Waals surface area contributed by atoms with E-state index in [-0.39, 0.29) is 24.8 Å². The van der Waals surface area contributed by atoms with Crippen LogP contribution in [-0.2, 0) is 17.9 Å². The van der Waals surface area contributed by atoms with Crippen molar-refractivity contribution in [2.75, 3.05) is 50.7 Å². The minimum Gasteiger partial charge on any atom is -0.356 e. The third-order valence-corrected chi connectivity index (χ3v) is 9.56. The van der Waals surface area contributed by atoms with Crippen molar-refractivity contribution in [3.8, 4) is 0 Å². The van der Waals surface area contributed by atoms with Gasteiger partial charge in [-0.2, -0.15) is 4.98 Å². The maximum Gasteiger partial charge on any atom is 0.342 e. The van der Waals surface area contributed by atoms with Crippen molar-refractivity contribution < 1.29 is 14.4 Å². The molecule has 8 rings (SSSR count). The molecule has 0 unspecified atom stereocenters. The minimum absolute atomic E-state index is 0.192. The van der Waals surface area contributed by atoms with E-state index in [9.17, 15) is 14.4 Å².